The van der Waals surface area contributed by atoms with Gasteiger partial charge in [-0.15, -0.1) is 0 Å². The van der Waals surface area contributed by atoms with Crippen LogP contribution in [0.1, 0.15) is 41.0 Å². The monoisotopic (exact) mass is 216 g/mol. The van der Waals surface area contributed by atoms with Crippen molar-refractivity contribution in [1.29, 1.82) is 0 Å². The van der Waals surface area contributed by atoms with Gasteiger partial charge in [0.05, 0.1) is 19.1 Å². The Kier molecular flexibility index (Phi) is 6.57. The molecule has 0 aromatic heterocycles. The van der Waals surface area contributed by atoms with Crippen LogP contribution in [-0.2, 0) is 14.3 Å². The maximum Gasteiger partial charge on any atom is 0.311 e. The molecule has 0 radical (unpaired) electrons. The summed E-state index contributed by atoms with van der Waals surface area (Å²) in [5.74, 6) is -0.318. The number of ether oxygens (including phenoxy) is 2. The number of esters is 1. The maximum atomic E-state index is 11.8. The van der Waals surface area contributed by atoms with Crippen LogP contribution in [-0.4, -0.2) is 25.8 Å². The molecular weight excluding hydrogens is 192 g/mol. The lowest BCUT2D eigenvalue weighted by Crippen LogP contribution is -2.34. The predicted octanol–water partition coefficient (Wildman–Crippen LogP) is 2.64. The second-order valence-corrected chi connectivity index (χ2v) is 4.75. The Morgan fingerprint density at radius 2 is 1.87 bits per heavy atom. The van der Waals surface area contributed by atoms with Crippen molar-refractivity contribution < 1.29 is 14.3 Å². The average Bonchev–Trinajstić information content (AvgIpc) is 2.13. The Balaban J connectivity index is 4.28. The third kappa shape index (κ3) is 5.78. The van der Waals surface area contributed by atoms with Crippen molar-refractivity contribution in [1.82, 2.24) is 0 Å². The van der Waals surface area contributed by atoms with E-state index < -0.39 is 0 Å². The zero-order chi connectivity index (χ0) is 11.9. The van der Waals surface area contributed by atoms with E-state index in [1.807, 2.05) is 34.6 Å². The second kappa shape index (κ2) is 6.83. The number of hydrogen-bond acceptors (Lipinski definition) is 3. The van der Waals surface area contributed by atoms with E-state index in [2.05, 4.69) is 0 Å². The molecule has 3 heteroatoms. The van der Waals surface area contributed by atoms with Crippen molar-refractivity contribution >= 4 is 5.97 Å². The summed E-state index contributed by atoms with van der Waals surface area (Å²) in [6.07, 6.45) is 0.858. The first-order valence-electron chi connectivity index (χ1n) is 5.67. The molecule has 0 heterocycles. The highest BCUT2D eigenvalue weighted by molar-refractivity contribution is 5.73. The first-order valence-corrected chi connectivity index (χ1v) is 5.67. The molecule has 0 N–H and O–H groups in total. The highest BCUT2D eigenvalue weighted by atomic mass is 16.5. The molecule has 0 aromatic rings. The molecule has 0 spiro atoms. The largest absolute Gasteiger partial charge is 0.465 e. The smallest absolute Gasteiger partial charge is 0.311 e. The van der Waals surface area contributed by atoms with Crippen LogP contribution in [0.3, 0.4) is 0 Å². The predicted molar refractivity (Wildman–Crippen MR) is 60.7 cm³/mol. The van der Waals surface area contributed by atoms with Crippen LogP contribution in [0, 0.1) is 11.3 Å². The van der Waals surface area contributed by atoms with Crippen molar-refractivity contribution in [2.75, 3.05) is 19.8 Å². The fraction of sp³-hybridized carbons (Fsp3) is 0.917. The molecule has 0 amide bonds. The molecule has 0 saturated carbocycles. The molecule has 0 aromatic carbocycles. The normalized spacial score (nSPS) is 13.7. The Morgan fingerprint density at radius 3 is 2.27 bits per heavy atom. The Bertz CT molecular complexity index is 182. The van der Waals surface area contributed by atoms with Gasteiger partial charge in [-0.1, -0.05) is 27.7 Å². The van der Waals surface area contributed by atoms with Crippen molar-refractivity contribution in [3.8, 4) is 0 Å². The summed E-state index contributed by atoms with van der Waals surface area (Å²) in [5, 5.41) is 0. The summed E-state index contributed by atoms with van der Waals surface area (Å²) < 4.78 is 10.5. The van der Waals surface area contributed by atoms with Gasteiger partial charge in [0.2, 0.25) is 0 Å². The van der Waals surface area contributed by atoms with Gasteiger partial charge in [0.15, 0.2) is 0 Å². The number of hydrogen-bond donors (Lipinski definition) is 0. The molecule has 0 bridgehead atoms. The Labute approximate surface area is 93.1 Å². The van der Waals surface area contributed by atoms with Gasteiger partial charge < -0.3 is 9.47 Å². The van der Waals surface area contributed by atoms with Crippen LogP contribution in [0.4, 0.5) is 0 Å². The minimum absolute atomic E-state index is 0.111. The maximum absolute atomic E-state index is 11.8. The van der Waals surface area contributed by atoms with Crippen LogP contribution in [0.2, 0.25) is 0 Å². The molecule has 0 saturated heterocycles. The van der Waals surface area contributed by atoms with Gasteiger partial charge in [-0.25, -0.2) is 0 Å². The van der Waals surface area contributed by atoms with E-state index in [9.17, 15) is 4.79 Å². The Hall–Kier alpha value is -0.570. The number of rotatable bonds is 6. The minimum Gasteiger partial charge on any atom is -0.465 e. The Morgan fingerprint density at radius 1 is 1.27 bits per heavy atom. The molecule has 0 aliphatic carbocycles. The summed E-state index contributed by atoms with van der Waals surface area (Å²) >= 11 is 0. The quantitative estimate of drug-likeness (QED) is 0.640. The SMILES string of the molecule is CCCOC(=O)C(COCC)C(C)(C)C. The van der Waals surface area contributed by atoms with Crippen LogP contribution < -0.4 is 0 Å². The molecule has 15 heavy (non-hydrogen) atoms. The van der Waals surface area contributed by atoms with Gasteiger partial charge in [-0.05, 0) is 18.8 Å². The van der Waals surface area contributed by atoms with Crippen molar-refractivity contribution in [2.24, 2.45) is 11.3 Å². The van der Waals surface area contributed by atoms with Gasteiger partial charge in [-0.3, -0.25) is 4.79 Å². The van der Waals surface area contributed by atoms with Gasteiger partial charge >= 0.3 is 5.97 Å². The third-order valence-corrected chi connectivity index (χ3v) is 2.27. The number of carbonyl (C=O) groups excluding carboxylic acids is 1. The summed E-state index contributed by atoms with van der Waals surface area (Å²) in [6, 6.07) is 0. The first-order chi connectivity index (χ1) is 6.93. The standard InChI is InChI=1S/C12H24O3/c1-6-8-15-11(13)10(9-14-7-2)12(3,4)5/h10H,6-9H2,1-5H3. The molecule has 0 aliphatic heterocycles. The fourth-order valence-electron chi connectivity index (χ4n) is 1.21. The number of carbonyl (C=O) groups is 1. The van der Waals surface area contributed by atoms with E-state index >= 15 is 0 Å². The zero-order valence-corrected chi connectivity index (χ0v) is 10.6. The summed E-state index contributed by atoms with van der Waals surface area (Å²) in [7, 11) is 0. The molecule has 3 nitrogen and oxygen atoms in total. The highest BCUT2D eigenvalue weighted by Gasteiger charge is 2.32. The van der Waals surface area contributed by atoms with Crippen molar-refractivity contribution in [3.05, 3.63) is 0 Å². The zero-order valence-electron chi connectivity index (χ0n) is 10.6. The molecular formula is C12H24O3. The van der Waals surface area contributed by atoms with Gasteiger partial charge in [0.25, 0.3) is 0 Å². The summed E-state index contributed by atoms with van der Waals surface area (Å²) in [5.41, 5.74) is -0.111. The minimum atomic E-state index is -0.177. The van der Waals surface area contributed by atoms with Gasteiger partial charge in [-0.2, -0.15) is 0 Å². The molecule has 0 rings (SSSR count). The summed E-state index contributed by atoms with van der Waals surface area (Å²) in [4.78, 5) is 11.8. The van der Waals surface area contributed by atoms with E-state index in [1.54, 1.807) is 0 Å². The van der Waals surface area contributed by atoms with Gasteiger partial charge in [0.1, 0.15) is 0 Å². The van der Waals surface area contributed by atoms with E-state index in [0.717, 1.165) is 6.42 Å². The molecule has 0 fully saturated rings. The van der Waals surface area contributed by atoms with E-state index in [0.29, 0.717) is 19.8 Å². The van der Waals surface area contributed by atoms with Crippen LogP contribution in [0.15, 0.2) is 0 Å². The lowest BCUT2D eigenvalue weighted by Gasteiger charge is -2.28. The van der Waals surface area contributed by atoms with Gasteiger partial charge in [0, 0.05) is 6.61 Å². The van der Waals surface area contributed by atoms with Crippen molar-refractivity contribution in [2.45, 2.75) is 41.0 Å². The average molecular weight is 216 g/mol. The lowest BCUT2D eigenvalue weighted by atomic mass is 9.81. The van der Waals surface area contributed by atoms with Crippen LogP contribution >= 0.6 is 0 Å². The van der Waals surface area contributed by atoms with E-state index in [4.69, 9.17) is 9.47 Å². The molecule has 1 atom stereocenters. The summed E-state index contributed by atoms with van der Waals surface area (Å²) in [6.45, 7) is 11.6. The topological polar surface area (TPSA) is 35.5 Å². The van der Waals surface area contributed by atoms with Crippen LogP contribution in [0.5, 0.6) is 0 Å². The lowest BCUT2D eigenvalue weighted by molar-refractivity contribution is -0.155. The van der Waals surface area contributed by atoms with Crippen LogP contribution in [0.25, 0.3) is 0 Å². The highest BCUT2D eigenvalue weighted by Crippen LogP contribution is 2.27. The third-order valence-electron chi connectivity index (χ3n) is 2.27. The second-order valence-electron chi connectivity index (χ2n) is 4.75. The van der Waals surface area contributed by atoms with E-state index in [1.165, 1.54) is 0 Å². The fourth-order valence-corrected chi connectivity index (χ4v) is 1.21. The molecule has 1 unspecified atom stereocenters. The van der Waals surface area contributed by atoms with E-state index in [-0.39, 0.29) is 17.3 Å². The molecule has 0 aliphatic rings. The first kappa shape index (κ1) is 14.4. The van der Waals surface area contributed by atoms with Crippen molar-refractivity contribution in [3.63, 3.8) is 0 Å². The molecule has 90 valence electrons.